The Labute approximate surface area is 91.7 Å². The Morgan fingerprint density at radius 2 is 2.50 bits per heavy atom. The van der Waals surface area contributed by atoms with Crippen molar-refractivity contribution in [2.75, 3.05) is 6.61 Å². The van der Waals surface area contributed by atoms with Crippen molar-refractivity contribution in [3.8, 4) is 0 Å². The molecule has 4 aliphatic rings. The van der Waals surface area contributed by atoms with Gasteiger partial charge in [-0.2, -0.15) is 0 Å². The number of carbonyl (C=O) groups is 1. The van der Waals surface area contributed by atoms with E-state index in [-0.39, 0.29) is 11.5 Å². The molecule has 0 radical (unpaired) electrons. The average molecular weight is 260 g/mol. The fourth-order valence-electron chi connectivity index (χ4n) is 3.50. The van der Waals surface area contributed by atoms with E-state index >= 15 is 0 Å². The van der Waals surface area contributed by atoms with E-state index in [2.05, 4.69) is 21.2 Å². The summed E-state index contributed by atoms with van der Waals surface area (Å²) in [6.45, 7) is 2.35. The SMILES string of the molecule is CCOC(=O)[C@@]12C[C@H]3C1C[C@@H](Br)[C@H]3N2. The molecule has 0 spiro atoms. The minimum Gasteiger partial charge on any atom is -0.465 e. The van der Waals surface area contributed by atoms with Crippen molar-refractivity contribution < 1.29 is 9.53 Å². The van der Waals surface area contributed by atoms with Gasteiger partial charge in [0.25, 0.3) is 0 Å². The predicted molar refractivity (Wildman–Crippen MR) is 55.2 cm³/mol. The Bertz CT molecular complexity index is 296. The number of rotatable bonds is 2. The number of halogens is 1. The van der Waals surface area contributed by atoms with E-state index in [9.17, 15) is 4.79 Å². The molecule has 2 saturated heterocycles. The maximum atomic E-state index is 11.8. The third-order valence-corrected chi connectivity index (χ3v) is 5.04. The van der Waals surface area contributed by atoms with Crippen molar-refractivity contribution >= 4 is 21.9 Å². The molecule has 1 N–H and O–H groups in total. The van der Waals surface area contributed by atoms with Crippen molar-refractivity contribution in [3.63, 3.8) is 0 Å². The summed E-state index contributed by atoms with van der Waals surface area (Å²) in [5.74, 6) is 1.21. The summed E-state index contributed by atoms with van der Waals surface area (Å²) in [5, 5.41) is 3.45. The first-order chi connectivity index (χ1) is 6.69. The van der Waals surface area contributed by atoms with E-state index < -0.39 is 0 Å². The van der Waals surface area contributed by atoms with Gasteiger partial charge in [-0.05, 0) is 31.6 Å². The number of esters is 1. The molecular formula is C10H14BrNO2. The molecule has 0 aromatic heterocycles. The number of piperidine rings is 1. The average Bonchev–Trinajstić information content (AvgIpc) is 2.72. The third kappa shape index (κ3) is 0.847. The van der Waals surface area contributed by atoms with Crippen LogP contribution in [0.1, 0.15) is 19.8 Å². The number of hydrogen-bond acceptors (Lipinski definition) is 3. The molecule has 78 valence electrons. The zero-order valence-electron chi connectivity index (χ0n) is 8.13. The van der Waals surface area contributed by atoms with Crippen LogP contribution in [0.2, 0.25) is 0 Å². The highest BCUT2D eigenvalue weighted by Gasteiger charge is 2.73. The van der Waals surface area contributed by atoms with Crippen LogP contribution in [-0.2, 0) is 9.53 Å². The largest absolute Gasteiger partial charge is 0.465 e. The Balaban J connectivity index is 1.81. The number of nitrogens with one attached hydrogen (secondary N) is 1. The first-order valence-electron chi connectivity index (χ1n) is 5.28. The molecule has 0 aromatic carbocycles. The van der Waals surface area contributed by atoms with Crippen LogP contribution in [-0.4, -0.2) is 29.0 Å². The molecule has 3 nitrogen and oxygen atoms in total. The van der Waals surface area contributed by atoms with E-state index in [0.717, 1.165) is 12.8 Å². The van der Waals surface area contributed by atoms with Crippen LogP contribution >= 0.6 is 15.9 Å². The standard InChI is InChI=1S/C10H14BrNO2/c1-2-14-9(13)10-4-5-6(10)3-7(11)8(5)12-10/h5-8,12H,2-4H2,1H3/t5-,6?,7+,8-,10+/m0/s1. The van der Waals surface area contributed by atoms with Crippen LogP contribution < -0.4 is 5.32 Å². The van der Waals surface area contributed by atoms with E-state index in [0.29, 0.717) is 29.3 Å². The number of alkyl halides is 1. The van der Waals surface area contributed by atoms with Crippen LogP contribution in [0, 0.1) is 11.8 Å². The van der Waals surface area contributed by atoms with E-state index in [1.165, 1.54) is 0 Å². The lowest BCUT2D eigenvalue weighted by molar-refractivity contribution is -0.158. The highest BCUT2D eigenvalue weighted by Crippen LogP contribution is 2.62. The van der Waals surface area contributed by atoms with Gasteiger partial charge in [0.15, 0.2) is 0 Å². The summed E-state index contributed by atoms with van der Waals surface area (Å²) in [6.07, 6.45) is 2.12. The summed E-state index contributed by atoms with van der Waals surface area (Å²) in [5.41, 5.74) is -0.296. The minimum absolute atomic E-state index is 0.0249. The van der Waals surface area contributed by atoms with Crippen LogP contribution in [0.4, 0.5) is 0 Å². The molecule has 1 unspecified atom stereocenters. The highest BCUT2D eigenvalue weighted by atomic mass is 79.9. The van der Waals surface area contributed by atoms with Crippen LogP contribution in [0.25, 0.3) is 0 Å². The molecular weight excluding hydrogens is 246 g/mol. The minimum atomic E-state index is -0.296. The fraction of sp³-hybridized carbons (Fsp3) is 0.900. The third-order valence-electron chi connectivity index (χ3n) is 4.10. The second-order valence-electron chi connectivity index (χ2n) is 4.59. The maximum Gasteiger partial charge on any atom is 0.326 e. The second kappa shape index (κ2) is 2.73. The van der Waals surface area contributed by atoms with Gasteiger partial charge in [0.1, 0.15) is 5.54 Å². The Kier molecular flexibility index (Phi) is 1.78. The molecule has 2 heterocycles. The molecule has 2 aliphatic carbocycles. The number of hydrogen-bond donors (Lipinski definition) is 1. The first-order valence-corrected chi connectivity index (χ1v) is 6.19. The summed E-state index contributed by atoms with van der Waals surface area (Å²) < 4.78 is 5.14. The molecule has 4 fully saturated rings. The zero-order chi connectivity index (χ0) is 9.92. The van der Waals surface area contributed by atoms with Gasteiger partial charge in [-0.15, -0.1) is 0 Å². The monoisotopic (exact) mass is 259 g/mol. The van der Waals surface area contributed by atoms with Gasteiger partial charge >= 0.3 is 5.97 Å². The van der Waals surface area contributed by atoms with Crippen molar-refractivity contribution in [3.05, 3.63) is 0 Å². The molecule has 4 rings (SSSR count). The number of ether oxygens (including phenoxy) is 1. The van der Waals surface area contributed by atoms with E-state index in [1.54, 1.807) is 0 Å². The molecule has 5 atom stereocenters. The Hall–Kier alpha value is -0.0900. The smallest absolute Gasteiger partial charge is 0.326 e. The maximum absolute atomic E-state index is 11.8. The van der Waals surface area contributed by atoms with Crippen molar-refractivity contribution in [1.82, 2.24) is 5.32 Å². The van der Waals surface area contributed by atoms with Gasteiger partial charge in [-0.25, -0.2) is 0 Å². The van der Waals surface area contributed by atoms with Crippen molar-refractivity contribution in [2.45, 2.75) is 36.2 Å². The summed E-state index contributed by atoms with van der Waals surface area (Å²) >= 11 is 3.66. The lowest BCUT2D eigenvalue weighted by Crippen LogP contribution is -2.60. The Morgan fingerprint density at radius 1 is 1.71 bits per heavy atom. The quantitative estimate of drug-likeness (QED) is 0.596. The topological polar surface area (TPSA) is 38.3 Å². The number of carbonyl (C=O) groups excluding carboxylic acids is 1. The highest BCUT2D eigenvalue weighted by molar-refractivity contribution is 9.09. The van der Waals surface area contributed by atoms with E-state index in [4.69, 9.17) is 4.74 Å². The van der Waals surface area contributed by atoms with Crippen LogP contribution in [0.15, 0.2) is 0 Å². The first kappa shape index (κ1) is 9.16. The molecule has 2 aliphatic heterocycles. The molecule has 0 aromatic rings. The second-order valence-corrected chi connectivity index (χ2v) is 5.76. The van der Waals surface area contributed by atoms with Crippen molar-refractivity contribution in [2.24, 2.45) is 11.8 Å². The summed E-state index contributed by atoms with van der Waals surface area (Å²) in [6, 6.07) is 0.504. The van der Waals surface area contributed by atoms with E-state index in [1.807, 2.05) is 6.92 Å². The predicted octanol–water partition coefficient (Wildman–Crippen LogP) is 1.06. The Morgan fingerprint density at radius 3 is 3.00 bits per heavy atom. The van der Waals surface area contributed by atoms with Gasteiger partial charge in [0.2, 0.25) is 0 Å². The zero-order valence-corrected chi connectivity index (χ0v) is 9.71. The normalized spacial score (nSPS) is 53.0. The van der Waals surface area contributed by atoms with Gasteiger partial charge in [-0.1, -0.05) is 15.9 Å². The summed E-state index contributed by atoms with van der Waals surface area (Å²) in [7, 11) is 0. The molecule has 0 amide bonds. The molecule has 14 heavy (non-hydrogen) atoms. The van der Waals surface area contributed by atoms with Crippen LogP contribution in [0.3, 0.4) is 0 Å². The molecule has 4 bridgehead atoms. The fourth-order valence-corrected chi connectivity index (χ4v) is 4.42. The van der Waals surface area contributed by atoms with Gasteiger partial charge in [-0.3, -0.25) is 10.1 Å². The summed E-state index contributed by atoms with van der Waals surface area (Å²) in [4.78, 5) is 12.4. The molecule has 2 saturated carbocycles. The molecule has 4 heteroatoms. The van der Waals surface area contributed by atoms with Gasteiger partial charge in [0, 0.05) is 10.9 Å². The van der Waals surface area contributed by atoms with Crippen molar-refractivity contribution in [1.29, 1.82) is 0 Å². The lowest BCUT2D eigenvalue weighted by atomic mass is 9.64. The van der Waals surface area contributed by atoms with Gasteiger partial charge in [0.05, 0.1) is 6.61 Å². The van der Waals surface area contributed by atoms with Gasteiger partial charge < -0.3 is 4.74 Å². The lowest BCUT2D eigenvalue weighted by Gasteiger charge is -2.43. The van der Waals surface area contributed by atoms with Crippen LogP contribution in [0.5, 0.6) is 0 Å².